The van der Waals surface area contributed by atoms with Gasteiger partial charge in [-0.2, -0.15) is 4.31 Å². The third kappa shape index (κ3) is 3.41. The van der Waals surface area contributed by atoms with Crippen molar-refractivity contribution in [2.75, 3.05) is 20.2 Å². The van der Waals surface area contributed by atoms with E-state index in [1.807, 2.05) is 18.2 Å². The number of nitrogens with zero attached hydrogens (tertiary/aromatic N) is 2. The highest BCUT2D eigenvalue weighted by Crippen LogP contribution is 2.55. The molecule has 200 valence electrons. The highest BCUT2D eigenvalue weighted by atomic mass is 32.2. The number of aliphatic hydroxyl groups excluding tert-OH is 1. The molecule has 2 aromatic rings. The van der Waals surface area contributed by atoms with Crippen LogP contribution in [0.1, 0.15) is 61.6 Å². The zero-order chi connectivity index (χ0) is 26.3. The minimum Gasteiger partial charge on any atom is -0.496 e. The van der Waals surface area contributed by atoms with Crippen LogP contribution in [-0.2, 0) is 21.4 Å². The Bertz CT molecular complexity index is 1570. The summed E-state index contributed by atoms with van der Waals surface area (Å²) < 4.78 is 37.1. The number of hydrogen-bond acceptors (Lipinski definition) is 5. The van der Waals surface area contributed by atoms with Gasteiger partial charge in [-0.25, -0.2) is 13.2 Å². The molecule has 0 amide bonds. The zero-order valence-electron chi connectivity index (χ0n) is 21.4. The molecule has 1 saturated carbocycles. The number of methoxy groups -OCH3 is 1. The predicted octanol–water partition coefficient (Wildman–Crippen LogP) is 3.82. The molecule has 2 atom stereocenters. The van der Waals surface area contributed by atoms with Gasteiger partial charge in [0.25, 0.3) is 0 Å². The molecule has 0 bridgehead atoms. The number of allylic oxidation sites excluding steroid dienone is 4. The van der Waals surface area contributed by atoms with E-state index in [1.54, 1.807) is 7.11 Å². The average molecular weight is 537 g/mol. The Morgan fingerprint density at radius 2 is 1.89 bits per heavy atom. The molecule has 2 fully saturated rings. The SMILES string of the molecule is COc1ccc(C2CCCCC2)c2c1cc1n2CC2=C(C(=O)O)C2=C2C=CC[C@@H](S(=O)(=O)N3CC(O)C3)C21. The van der Waals surface area contributed by atoms with Crippen LogP contribution in [-0.4, -0.2) is 65.0 Å². The number of benzene rings is 1. The zero-order valence-corrected chi connectivity index (χ0v) is 22.2. The van der Waals surface area contributed by atoms with E-state index in [1.165, 1.54) is 29.1 Å². The van der Waals surface area contributed by atoms with Crippen molar-refractivity contribution >= 4 is 26.9 Å². The molecular weight excluding hydrogens is 504 g/mol. The minimum atomic E-state index is -3.74. The summed E-state index contributed by atoms with van der Waals surface area (Å²) in [6, 6.07) is 6.26. The van der Waals surface area contributed by atoms with Gasteiger partial charge in [0, 0.05) is 36.6 Å². The van der Waals surface area contributed by atoms with Crippen LogP contribution in [0.2, 0.25) is 0 Å². The van der Waals surface area contributed by atoms with Crippen molar-refractivity contribution in [3.8, 4) is 5.75 Å². The molecule has 2 N–H and O–H groups in total. The normalized spacial score (nSPS) is 26.1. The number of aromatic nitrogens is 1. The molecule has 5 aliphatic rings. The van der Waals surface area contributed by atoms with Gasteiger partial charge in [0.2, 0.25) is 10.0 Å². The first kappa shape index (κ1) is 24.2. The van der Waals surface area contributed by atoms with Gasteiger partial charge in [0.15, 0.2) is 0 Å². The second kappa shape index (κ2) is 8.56. The van der Waals surface area contributed by atoms with Crippen LogP contribution < -0.4 is 4.74 Å². The second-order valence-corrected chi connectivity index (χ2v) is 13.4. The Kier molecular flexibility index (Phi) is 5.45. The lowest BCUT2D eigenvalue weighted by Gasteiger charge is -2.40. The van der Waals surface area contributed by atoms with Crippen LogP contribution in [0, 0.1) is 0 Å². The van der Waals surface area contributed by atoms with E-state index in [0.717, 1.165) is 46.3 Å². The lowest BCUT2D eigenvalue weighted by molar-refractivity contribution is -0.132. The Labute approximate surface area is 221 Å². The lowest BCUT2D eigenvalue weighted by Crippen LogP contribution is -2.57. The Morgan fingerprint density at radius 3 is 2.58 bits per heavy atom. The summed E-state index contributed by atoms with van der Waals surface area (Å²) in [6.45, 7) is 0.618. The van der Waals surface area contributed by atoms with Crippen molar-refractivity contribution in [3.63, 3.8) is 0 Å². The van der Waals surface area contributed by atoms with Gasteiger partial charge in [-0.05, 0) is 59.6 Å². The van der Waals surface area contributed by atoms with Gasteiger partial charge < -0.3 is 19.5 Å². The number of rotatable bonds is 5. The van der Waals surface area contributed by atoms with Crippen molar-refractivity contribution in [2.45, 2.75) is 68.3 Å². The summed E-state index contributed by atoms with van der Waals surface area (Å²) in [5.74, 6) is -0.323. The third-order valence-electron chi connectivity index (χ3n) is 9.22. The summed E-state index contributed by atoms with van der Waals surface area (Å²) in [5.41, 5.74) is 5.77. The number of fused-ring (bicyclic) bond motifs is 6. The fourth-order valence-corrected chi connectivity index (χ4v) is 9.44. The summed E-state index contributed by atoms with van der Waals surface area (Å²) in [7, 11) is -2.08. The van der Waals surface area contributed by atoms with Crippen LogP contribution in [0.4, 0.5) is 0 Å². The average Bonchev–Trinajstić information content (AvgIpc) is 3.53. The standard InChI is InChI=1S/C29H32N2O6S/c1-37-23-11-10-18(16-6-3-2-4-7-16)28-20(23)12-22-26-19(25-21(15-31(22)28)27(25)29(33)34)8-5-9-24(26)38(35,36)30-13-17(32)14-30/h5,8,10-12,16-17,24,26,32H,2-4,6-7,9,13-15H2,1H3,(H,33,34)/t24-,26?/m1/s1. The molecule has 3 aliphatic carbocycles. The molecule has 3 heterocycles. The van der Waals surface area contributed by atoms with Crippen LogP contribution in [0.5, 0.6) is 5.75 Å². The molecular formula is C29H32N2O6S. The quantitative estimate of drug-likeness (QED) is 0.602. The number of carbonyl (C=O) groups is 1. The molecule has 1 unspecified atom stereocenters. The Balaban J connectivity index is 1.47. The molecule has 1 saturated heterocycles. The van der Waals surface area contributed by atoms with E-state index in [4.69, 9.17) is 4.74 Å². The van der Waals surface area contributed by atoms with Gasteiger partial charge in [0.05, 0.1) is 29.6 Å². The van der Waals surface area contributed by atoms with Crippen LogP contribution in [0.15, 0.2) is 52.6 Å². The predicted molar refractivity (Wildman–Crippen MR) is 143 cm³/mol. The Morgan fingerprint density at radius 1 is 1.13 bits per heavy atom. The summed E-state index contributed by atoms with van der Waals surface area (Å²) in [4.78, 5) is 12.2. The fraction of sp³-hybridized carbons (Fsp3) is 0.483. The van der Waals surface area contributed by atoms with Gasteiger partial charge in [0.1, 0.15) is 5.75 Å². The third-order valence-corrected chi connectivity index (χ3v) is 11.5. The van der Waals surface area contributed by atoms with Crippen molar-refractivity contribution < 1.29 is 28.2 Å². The van der Waals surface area contributed by atoms with Crippen molar-refractivity contribution in [1.29, 1.82) is 0 Å². The van der Waals surface area contributed by atoms with Crippen molar-refractivity contribution in [3.05, 3.63) is 63.9 Å². The molecule has 38 heavy (non-hydrogen) atoms. The van der Waals surface area contributed by atoms with Gasteiger partial charge in [-0.1, -0.05) is 37.5 Å². The summed E-state index contributed by atoms with van der Waals surface area (Å²) >= 11 is 0. The van der Waals surface area contributed by atoms with E-state index in [9.17, 15) is 23.4 Å². The second-order valence-electron chi connectivity index (χ2n) is 11.3. The summed E-state index contributed by atoms with van der Waals surface area (Å²) in [6.07, 6.45) is 9.32. The molecule has 0 radical (unpaired) electrons. The van der Waals surface area contributed by atoms with Gasteiger partial charge in [-0.3, -0.25) is 0 Å². The number of carboxylic acids is 1. The number of sulfonamides is 1. The lowest BCUT2D eigenvalue weighted by atomic mass is 9.83. The van der Waals surface area contributed by atoms with E-state index in [2.05, 4.69) is 16.7 Å². The number of β-amino-alcohol motifs (C(OH)–C–C–N with tert-alkyl or cyclic N) is 1. The maximum absolute atomic E-state index is 13.9. The van der Waals surface area contributed by atoms with Crippen LogP contribution in [0.3, 0.4) is 0 Å². The Hall–Kier alpha value is -2.88. The molecule has 9 heteroatoms. The smallest absolute Gasteiger partial charge is 0.336 e. The first-order valence-electron chi connectivity index (χ1n) is 13.6. The maximum atomic E-state index is 13.9. The van der Waals surface area contributed by atoms with E-state index in [-0.39, 0.29) is 13.1 Å². The number of aliphatic hydroxyl groups is 1. The number of aliphatic carboxylic acids is 1. The number of ether oxygens (including phenoxy) is 1. The number of hydrogen-bond donors (Lipinski definition) is 2. The van der Waals surface area contributed by atoms with Crippen molar-refractivity contribution in [1.82, 2.24) is 8.87 Å². The van der Waals surface area contributed by atoms with E-state index in [0.29, 0.717) is 30.0 Å². The summed E-state index contributed by atoms with van der Waals surface area (Å²) in [5, 5.41) is 20.0. The molecule has 2 aliphatic heterocycles. The van der Waals surface area contributed by atoms with E-state index < -0.39 is 33.3 Å². The van der Waals surface area contributed by atoms with Crippen LogP contribution in [0.25, 0.3) is 10.9 Å². The first-order chi connectivity index (χ1) is 18.3. The minimum absolute atomic E-state index is 0.105. The molecule has 1 aromatic heterocycles. The topological polar surface area (TPSA) is 109 Å². The van der Waals surface area contributed by atoms with Crippen LogP contribution >= 0.6 is 0 Å². The largest absolute Gasteiger partial charge is 0.496 e. The highest BCUT2D eigenvalue weighted by Gasteiger charge is 2.50. The number of carboxylic acid groups (broad SMARTS) is 1. The monoisotopic (exact) mass is 536 g/mol. The maximum Gasteiger partial charge on any atom is 0.336 e. The first-order valence-corrected chi connectivity index (χ1v) is 15.1. The molecule has 8 nitrogen and oxygen atoms in total. The molecule has 1 aromatic carbocycles. The molecule has 7 rings (SSSR count). The molecule has 0 spiro atoms. The van der Waals surface area contributed by atoms with Gasteiger partial charge in [-0.15, -0.1) is 0 Å². The van der Waals surface area contributed by atoms with E-state index >= 15 is 0 Å². The van der Waals surface area contributed by atoms with Crippen molar-refractivity contribution in [2.24, 2.45) is 0 Å². The van der Waals surface area contributed by atoms with Gasteiger partial charge >= 0.3 is 5.97 Å². The fourth-order valence-electron chi connectivity index (χ4n) is 7.32. The highest BCUT2D eigenvalue weighted by molar-refractivity contribution is 7.89.